The summed E-state index contributed by atoms with van der Waals surface area (Å²) in [5.74, 6) is -2.56. The lowest BCUT2D eigenvalue weighted by molar-refractivity contribution is 0.362. The number of pyridine rings is 1. The zero-order valence-corrected chi connectivity index (χ0v) is 25.8. The maximum absolute atomic E-state index is 13.9. The van der Waals surface area contributed by atoms with Crippen molar-refractivity contribution in [1.29, 1.82) is 0 Å². The molecule has 5 aliphatic rings. The Labute approximate surface area is 268 Å². The van der Waals surface area contributed by atoms with Crippen molar-refractivity contribution < 1.29 is 20.1 Å². The highest BCUT2D eigenvalue weighted by Gasteiger charge is 2.54. The smallest absolute Gasteiger partial charge is 0.260 e. The van der Waals surface area contributed by atoms with Crippen LogP contribution in [0.4, 0.5) is 0 Å². The lowest BCUT2D eigenvalue weighted by Gasteiger charge is -2.28. The van der Waals surface area contributed by atoms with E-state index in [1.165, 1.54) is 0 Å². The van der Waals surface area contributed by atoms with Crippen molar-refractivity contribution in [1.82, 2.24) is 4.98 Å². The van der Waals surface area contributed by atoms with Gasteiger partial charge in [0.2, 0.25) is 16.3 Å². The molecule has 1 spiro atoms. The maximum Gasteiger partial charge on any atom is 0.260 e. The van der Waals surface area contributed by atoms with E-state index in [9.17, 15) is 39.3 Å². The van der Waals surface area contributed by atoms with Crippen LogP contribution in [0.15, 0.2) is 72.6 Å². The molecule has 0 saturated carbocycles. The van der Waals surface area contributed by atoms with Gasteiger partial charge in [0.05, 0.1) is 33.4 Å². The van der Waals surface area contributed by atoms with Gasteiger partial charge in [0, 0.05) is 34.0 Å². The van der Waals surface area contributed by atoms with Crippen molar-refractivity contribution in [2.75, 3.05) is 7.11 Å². The number of phenols is 1. The fourth-order valence-corrected chi connectivity index (χ4v) is 7.57. The number of aromatic nitrogens is 1. The lowest BCUT2D eigenvalue weighted by Crippen LogP contribution is -2.51. The first-order valence-electron chi connectivity index (χ1n) is 14.7. The van der Waals surface area contributed by atoms with Crippen LogP contribution in [0.3, 0.4) is 0 Å². The molecular formula is C36H25NO9S. The minimum atomic E-state index is -2.04. The second-order valence-corrected chi connectivity index (χ2v) is 12.1. The van der Waals surface area contributed by atoms with Gasteiger partial charge < -0.3 is 25.0 Å². The molecule has 234 valence electrons. The third-order valence-electron chi connectivity index (χ3n) is 9.30. The van der Waals surface area contributed by atoms with Gasteiger partial charge in [-0.2, -0.15) is 0 Å². The van der Waals surface area contributed by atoms with Crippen molar-refractivity contribution in [3.05, 3.63) is 143 Å². The molecule has 0 radical (unpaired) electrons. The van der Waals surface area contributed by atoms with E-state index in [4.69, 9.17) is 17.0 Å². The summed E-state index contributed by atoms with van der Waals surface area (Å²) in [4.78, 5) is 70.8. The molecule has 0 saturated heterocycles. The van der Waals surface area contributed by atoms with Crippen molar-refractivity contribution in [3.8, 4) is 11.5 Å². The van der Waals surface area contributed by atoms with Gasteiger partial charge in [-0.3, -0.25) is 24.0 Å². The van der Waals surface area contributed by atoms with Crippen molar-refractivity contribution in [2.45, 2.75) is 31.6 Å². The number of benzene rings is 1. The number of allylic oxidation sites excluding steroid dienone is 7. The molecule has 47 heavy (non-hydrogen) atoms. The van der Waals surface area contributed by atoms with Crippen LogP contribution < -0.4 is 42.4 Å². The quantitative estimate of drug-likeness (QED) is 0.189. The Bertz CT molecular complexity index is 2760. The van der Waals surface area contributed by atoms with E-state index in [1.807, 2.05) is 25.2 Å². The summed E-state index contributed by atoms with van der Waals surface area (Å²) in [5, 5.41) is 33.2. The van der Waals surface area contributed by atoms with Crippen LogP contribution in [0.1, 0.15) is 42.1 Å². The van der Waals surface area contributed by atoms with Crippen molar-refractivity contribution in [3.63, 3.8) is 0 Å². The van der Waals surface area contributed by atoms with Gasteiger partial charge in [-0.1, -0.05) is 48.7 Å². The number of ether oxygens (including phenoxy) is 1. The number of rotatable bonds is 4. The molecule has 4 N–H and O–H groups in total. The monoisotopic (exact) mass is 647 g/mol. The normalized spacial score (nSPS) is 18.8. The van der Waals surface area contributed by atoms with Crippen LogP contribution in [0, 0.1) is 10.4 Å². The predicted octanol–water partition coefficient (Wildman–Crippen LogP) is 1.82. The first-order chi connectivity index (χ1) is 22.5. The van der Waals surface area contributed by atoms with Crippen molar-refractivity contribution in [2.24, 2.45) is 0 Å². The molecule has 11 heteroatoms. The first-order valence-corrected chi connectivity index (χ1v) is 15.1. The molecule has 1 atom stereocenters. The summed E-state index contributed by atoms with van der Waals surface area (Å²) in [7, 11) is 1.13. The molecule has 0 unspecified atom stereocenters. The Kier molecular flexibility index (Phi) is 6.66. The Morgan fingerprint density at radius 1 is 0.936 bits per heavy atom. The number of nitrogens with one attached hydrogen (secondary N) is 1. The van der Waals surface area contributed by atoms with Gasteiger partial charge in [-0.15, -0.1) is 0 Å². The number of hydrogen-bond donors (Lipinski definition) is 4. The molecular weight excluding hydrogens is 622 g/mol. The molecule has 7 rings (SSSR count). The Balaban J connectivity index is 1.68. The molecule has 0 aliphatic heterocycles. The Morgan fingerprint density at radius 3 is 2.30 bits per heavy atom. The van der Waals surface area contributed by atoms with Crippen LogP contribution in [0.2, 0.25) is 0 Å². The zero-order valence-electron chi connectivity index (χ0n) is 25.0. The number of aromatic amines is 1. The van der Waals surface area contributed by atoms with E-state index >= 15 is 0 Å². The molecule has 1 heterocycles. The number of aromatic hydroxyl groups is 1. The number of hydrogen-bond acceptors (Lipinski definition) is 10. The average Bonchev–Trinajstić information content (AvgIpc) is 3.54. The van der Waals surface area contributed by atoms with Crippen LogP contribution in [-0.4, -0.2) is 32.3 Å². The van der Waals surface area contributed by atoms with E-state index in [0.29, 0.717) is 39.1 Å². The molecule has 0 fully saturated rings. The summed E-state index contributed by atoms with van der Waals surface area (Å²) >= 11 is 5.73. The molecule has 1 aromatic carbocycles. The average molecular weight is 648 g/mol. The second-order valence-electron chi connectivity index (χ2n) is 11.6. The Morgan fingerprint density at radius 2 is 1.64 bits per heavy atom. The summed E-state index contributed by atoms with van der Waals surface area (Å²) < 4.78 is 4.95. The molecule has 0 amide bonds. The third-order valence-corrected chi connectivity index (χ3v) is 9.68. The zero-order chi connectivity index (χ0) is 33.5. The van der Waals surface area contributed by atoms with Crippen LogP contribution in [-0.2, 0) is 11.8 Å². The highest BCUT2D eigenvalue weighted by atomic mass is 32.1. The number of aliphatic hydroxyl groups is 2. The van der Waals surface area contributed by atoms with Gasteiger partial charge in [0.25, 0.3) is 5.56 Å². The highest BCUT2D eigenvalue weighted by molar-refractivity contribution is 7.81. The summed E-state index contributed by atoms with van der Waals surface area (Å²) in [6, 6.07) is 2.49. The van der Waals surface area contributed by atoms with E-state index in [-0.39, 0.29) is 23.8 Å². The van der Waals surface area contributed by atoms with Crippen LogP contribution in [0.5, 0.6) is 11.5 Å². The number of aliphatic hydroxyl groups excluding tert-OH is 2. The van der Waals surface area contributed by atoms with Gasteiger partial charge in [-0.05, 0) is 48.6 Å². The number of thiocarbonyl (C=S) groups is 1. The number of methoxy groups -OCH3 is 1. The standard InChI is InChI=1S/C36H25NO9S/c1-3-4-5-8-15-13-18-22(16-9-6-7-10-21(16)47)17-11-12-36(28(17)32(42)23(18)35(45)37-15)33(43)26-27(34(36)44)31(41)25-24(30(26)40)19(38)14-20(46-2)29(25)39/h3-9,13-14,42-44H,10-12H2,1-2H3,(H,37,45)/b4-3+,8-5+/t36-/m0/s1. The molecule has 0 bridgehead atoms. The maximum atomic E-state index is 13.9. The van der Waals surface area contributed by atoms with Gasteiger partial charge >= 0.3 is 0 Å². The number of fused-ring (bicyclic) bond motifs is 4. The molecule has 5 aliphatic carbocycles. The summed E-state index contributed by atoms with van der Waals surface area (Å²) in [6.45, 7) is 1.84. The van der Waals surface area contributed by atoms with E-state index in [0.717, 1.165) is 13.2 Å². The van der Waals surface area contributed by atoms with Crippen LogP contribution >= 0.6 is 12.2 Å². The topological polar surface area (TPSA) is 171 Å². The number of phenolic OH excluding ortho intramolecular Hbond substituents is 1. The van der Waals surface area contributed by atoms with Gasteiger partial charge in [0.15, 0.2) is 11.2 Å². The minimum Gasteiger partial charge on any atom is -0.510 e. The number of H-pyrrole nitrogens is 1. The van der Waals surface area contributed by atoms with Crippen LogP contribution in [0.25, 0.3) is 33.9 Å². The first kappa shape index (κ1) is 30.0. The molecule has 10 nitrogen and oxygen atoms in total. The molecule has 2 aromatic rings. The van der Waals surface area contributed by atoms with E-state index in [2.05, 4.69) is 4.98 Å². The van der Waals surface area contributed by atoms with Gasteiger partial charge in [-0.25, -0.2) is 0 Å². The summed E-state index contributed by atoms with van der Waals surface area (Å²) in [6.07, 6.45) is 12.9. The molecule has 1 aromatic heterocycles. The van der Waals surface area contributed by atoms with Gasteiger partial charge in [0.1, 0.15) is 22.7 Å². The summed E-state index contributed by atoms with van der Waals surface area (Å²) in [5.41, 5.74) is -5.02. The lowest BCUT2D eigenvalue weighted by atomic mass is 9.77. The SMILES string of the molecule is C/C=C/C=C/c1cc2c(C3=CC=CCC3=S)c3c(c(O)c2c(=O)[nH]1)[C@@]1(CC3)C(O)=c2c(=O)c3c(=O)cc(OC)c(=O)c=3c(=O)c2=C1O. The Hall–Kier alpha value is -5.68. The highest BCUT2D eigenvalue weighted by Crippen LogP contribution is 2.56. The van der Waals surface area contributed by atoms with E-state index < -0.39 is 76.6 Å². The largest absolute Gasteiger partial charge is 0.510 e. The van der Waals surface area contributed by atoms with E-state index in [1.54, 1.807) is 30.4 Å². The minimum absolute atomic E-state index is 0.0720. The third kappa shape index (κ3) is 3.83. The predicted molar refractivity (Wildman–Crippen MR) is 181 cm³/mol. The van der Waals surface area contributed by atoms with Crippen molar-refractivity contribution >= 4 is 51.0 Å². The fraction of sp³-hybridized carbons (Fsp3) is 0.167. The fourth-order valence-electron chi connectivity index (χ4n) is 7.30. The second kappa shape index (κ2) is 10.4.